The average Bonchev–Trinajstić information content (AvgIpc) is 2.74. The quantitative estimate of drug-likeness (QED) is 0.829. The van der Waals surface area contributed by atoms with Crippen molar-refractivity contribution < 1.29 is 19.4 Å². The fraction of sp³-hybridized carbons (Fsp3) is 0.500. The lowest BCUT2D eigenvalue weighted by Gasteiger charge is -2.17. The van der Waals surface area contributed by atoms with Crippen LogP contribution in [0, 0.1) is 5.92 Å². The third-order valence-corrected chi connectivity index (χ3v) is 3.44. The van der Waals surface area contributed by atoms with Crippen molar-refractivity contribution >= 4 is 23.2 Å². The van der Waals surface area contributed by atoms with Gasteiger partial charge in [-0.3, -0.25) is 4.79 Å². The van der Waals surface area contributed by atoms with Crippen LogP contribution in [0.1, 0.15) is 30.4 Å². The molecule has 0 fully saturated rings. The van der Waals surface area contributed by atoms with E-state index in [1.165, 1.54) is 6.07 Å². The van der Waals surface area contributed by atoms with E-state index in [0.29, 0.717) is 11.7 Å². The molecule has 1 rings (SSSR count). The topological polar surface area (TPSA) is 75.6 Å². The molecule has 18 heavy (non-hydrogen) atoms. The van der Waals surface area contributed by atoms with E-state index in [2.05, 4.69) is 5.32 Å². The minimum Gasteiger partial charge on any atom is -0.483 e. The first kappa shape index (κ1) is 14.5. The summed E-state index contributed by atoms with van der Waals surface area (Å²) in [4.78, 5) is 22.4. The van der Waals surface area contributed by atoms with Gasteiger partial charge < -0.3 is 15.2 Å². The maximum atomic E-state index is 11.5. The Bertz CT molecular complexity index is 427. The summed E-state index contributed by atoms with van der Waals surface area (Å²) >= 11 is 1.07. The first-order valence-corrected chi connectivity index (χ1v) is 6.52. The monoisotopic (exact) mass is 271 g/mol. The van der Waals surface area contributed by atoms with Crippen molar-refractivity contribution in [1.29, 1.82) is 0 Å². The molecule has 0 aliphatic carbocycles. The van der Waals surface area contributed by atoms with Crippen molar-refractivity contribution in [1.82, 2.24) is 5.32 Å². The van der Waals surface area contributed by atoms with Gasteiger partial charge in [-0.15, -0.1) is 11.3 Å². The minimum absolute atomic E-state index is 0.0816. The van der Waals surface area contributed by atoms with Crippen molar-refractivity contribution in [2.75, 3.05) is 6.61 Å². The smallest absolute Gasteiger partial charge is 0.346 e. The van der Waals surface area contributed by atoms with Gasteiger partial charge in [0.2, 0.25) is 0 Å². The van der Waals surface area contributed by atoms with Crippen molar-refractivity contribution in [2.45, 2.75) is 26.8 Å². The molecule has 0 bridgehead atoms. The summed E-state index contributed by atoms with van der Waals surface area (Å²) in [6, 6.07) is 1.49. The van der Waals surface area contributed by atoms with Crippen LogP contribution < -0.4 is 10.1 Å². The Kier molecular flexibility index (Phi) is 5.15. The van der Waals surface area contributed by atoms with Crippen LogP contribution in [-0.4, -0.2) is 29.6 Å². The Balaban J connectivity index is 2.40. The third-order valence-electron chi connectivity index (χ3n) is 2.54. The largest absolute Gasteiger partial charge is 0.483 e. The third kappa shape index (κ3) is 4.37. The number of amides is 1. The van der Waals surface area contributed by atoms with Gasteiger partial charge in [0.15, 0.2) is 6.61 Å². The van der Waals surface area contributed by atoms with Gasteiger partial charge in [0, 0.05) is 17.5 Å². The van der Waals surface area contributed by atoms with E-state index in [-0.39, 0.29) is 23.4 Å². The number of ether oxygens (including phenoxy) is 1. The highest BCUT2D eigenvalue weighted by atomic mass is 32.1. The zero-order chi connectivity index (χ0) is 13.7. The Morgan fingerprint density at radius 2 is 2.11 bits per heavy atom. The fourth-order valence-electron chi connectivity index (χ4n) is 1.12. The van der Waals surface area contributed by atoms with E-state index in [4.69, 9.17) is 9.84 Å². The maximum absolute atomic E-state index is 11.5. The van der Waals surface area contributed by atoms with Crippen LogP contribution in [0.3, 0.4) is 0 Å². The number of carbonyl (C=O) groups excluding carboxylic acids is 1. The molecule has 0 spiro atoms. The van der Waals surface area contributed by atoms with E-state index >= 15 is 0 Å². The van der Waals surface area contributed by atoms with Crippen molar-refractivity contribution in [3.8, 4) is 5.75 Å². The van der Waals surface area contributed by atoms with Gasteiger partial charge in [-0.2, -0.15) is 0 Å². The van der Waals surface area contributed by atoms with Crippen LogP contribution in [-0.2, 0) is 4.79 Å². The number of carboxylic acid groups (broad SMARTS) is 1. The molecule has 0 aliphatic heterocycles. The zero-order valence-corrected chi connectivity index (χ0v) is 11.4. The molecule has 0 saturated carbocycles. The predicted octanol–water partition coefficient (Wildman–Crippen LogP) is 1.99. The van der Waals surface area contributed by atoms with Crippen LogP contribution in [0.15, 0.2) is 11.4 Å². The van der Waals surface area contributed by atoms with E-state index in [1.807, 2.05) is 20.8 Å². The van der Waals surface area contributed by atoms with E-state index in [1.54, 1.807) is 5.38 Å². The lowest BCUT2D eigenvalue weighted by molar-refractivity contribution is -0.123. The van der Waals surface area contributed by atoms with Gasteiger partial charge in [-0.05, 0) is 12.8 Å². The minimum atomic E-state index is -0.993. The first-order valence-electron chi connectivity index (χ1n) is 5.64. The van der Waals surface area contributed by atoms with E-state index in [0.717, 1.165) is 11.3 Å². The summed E-state index contributed by atoms with van der Waals surface area (Å²) in [6.07, 6.45) is 0. The number of carboxylic acids is 1. The standard InChI is InChI=1S/C12H17NO4S/c1-7(2)8(3)13-11(14)5-17-9-4-10(12(15)16)18-6-9/h4,6-8H,5H2,1-3H3,(H,13,14)(H,15,16). The van der Waals surface area contributed by atoms with Crippen LogP contribution >= 0.6 is 11.3 Å². The second kappa shape index (κ2) is 6.39. The highest BCUT2D eigenvalue weighted by Crippen LogP contribution is 2.21. The number of nitrogens with one attached hydrogen (secondary N) is 1. The predicted molar refractivity (Wildman–Crippen MR) is 69.2 cm³/mol. The van der Waals surface area contributed by atoms with Crippen LogP contribution in [0.5, 0.6) is 5.75 Å². The maximum Gasteiger partial charge on any atom is 0.346 e. The summed E-state index contributed by atoms with van der Waals surface area (Å²) in [5.41, 5.74) is 0. The normalized spacial score (nSPS) is 12.2. The lowest BCUT2D eigenvalue weighted by Crippen LogP contribution is -2.38. The van der Waals surface area contributed by atoms with Crippen LogP contribution in [0.2, 0.25) is 0 Å². The average molecular weight is 271 g/mol. The molecule has 6 heteroatoms. The summed E-state index contributed by atoms with van der Waals surface area (Å²) in [7, 11) is 0. The number of aromatic carboxylic acids is 1. The lowest BCUT2D eigenvalue weighted by atomic mass is 10.1. The van der Waals surface area contributed by atoms with Crippen molar-refractivity contribution in [2.24, 2.45) is 5.92 Å². The van der Waals surface area contributed by atoms with Gasteiger partial charge in [0.25, 0.3) is 5.91 Å². The molecule has 1 unspecified atom stereocenters. The number of hydrogen-bond acceptors (Lipinski definition) is 4. The fourth-order valence-corrected chi connectivity index (χ4v) is 1.78. The van der Waals surface area contributed by atoms with Gasteiger partial charge in [-0.25, -0.2) is 4.79 Å². The second-order valence-electron chi connectivity index (χ2n) is 4.34. The first-order chi connectivity index (χ1) is 8.40. The summed E-state index contributed by atoms with van der Waals surface area (Å²) in [6.45, 7) is 5.86. The van der Waals surface area contributed by atoms with Crippen LogP contribution in [0.4, 0.5) is 0 Å². The Labute approximate surface area is 110 Å². The number of hydrogen-bond donors (Lipinski definition) is 2. The second-order valence-corrected chi connectivity index (χ2v) is 5.25. The summed E-state index contributed by atoms with van der Waals surface area (Å²) in [5, 5.41) is 13.1. The molecule has 1 aromatic rings. The molecule has 0 radical (unpaired) electrons. The number of carbonyl (C=O) groups is 2. The van der Waals surface area contributed by atoms with Gasteiger partial charge in [0.1, 0.15) is 10.6 Å². The van der Waals surface area contributed by atoms with Gasteiger partial charge in [-0.1, -0.05) is 13.8 Å². The molecular weight excluding hydrogens is 254 g/mol. The molecule has 2 N–H and O–H groups in total. The van der Waals surface area contributed by atoms with Crippen molar-refractivity contribution in [3.63, 3.8) is 0 Å². The highest BCUT2D eigenvalue weighted by molar-refractivity contribution is 7.12. The Morgan fingerprint density at radius 1 is 1.44 bits per heavy atom. The molecule has 0 aromatic carbocycles. The zero-order valence-electron chi connectivity index (χ0n) is 10.6. The molecule has 1 atom stereocenters. The number of thiophene rings is 1. The molecular formula is C12H17NO4S. The van der Waals surface area contributed by atoms with E-state index in [9.17, 15) is 9.59 Å². The summed E-state index contributed by atoms with van der Waals surface area (Å²) < 4.78 is 5.21. The molecule has 5 nitrogen and oxygen atoms in total. The highest BCUT2D eigenvalue weighted by Gasteiger charge is 2.12. The number of rotatable bonds is 6. The summed E-state index contributed by atoms with van der Waals surface area (Å²) in [5.74, 6) is -0.439. The molecule has 0 aliphatic rings. The van der Waals surface area contributed by atoms with Gasteiger partial charge >= 0.3 is 5.97 Å². The SMILES string of the molecule is CC(C)C(C)NC(=O)COc1csc(C(=O)O)c1. The molecule has 1 amide bonds. The van der Waals surface area contributed by atoms with Crippen LogP contribution in [0.25, 0.3) is 0 Å². The molecule has 100 valence electrons. The molecule has 0 saturated heterocycles. The Hall–Kier alpha value is -1.56. The van der Waals surface area contributed by atoms with Crippen molar-refractivity contribution in [3.05, 3.63) is 16.3 Å². The van der Waals surface area contributed by atoms with E-state index < -0.39 is 5.97 Å². The molecule has 1 heterocycles. The Morgan fingerprint density at radius 3 is 2.61 bits per heavy atom. The molecule has 1 aromatic heterocycles. The van der Waals surface area contributed by atoms with Gasteiger partial charge in [0.05, 0.1) is 0 Å².